The van der Waals surface area contributed by atoms with Crippen molar-refractivity contribution < 1.29 is 9.53 Å². The van der Waals surface area contributed by atoms with Crippen LogP contribution in [0.3, 0.4) is 0 Å². The molecule has 0 fully saturated rings. The molecule has 0 N–H and O–H groups in total. The number of esters is 1. The van der Waals surface area contributed by atoms with E-state index >= 15 is 0 Å². The van der Waals surface area contributed by atoms with Crippen LogP contribution in [0.15, 0.2) is 11.4 Å². The summed E-state index contributed by atoms with van der Waals surface area (Å²) < 4.78 is 4.45. The SMILES string of the molecule is COC(=O)c1c[c]cs1. The number of hydrogen-bond donors (Lipinski definition) is 0. The summed E-state index contributed by atoms with van der Waals surface area (Å²) in [6.45, 7) is 0. The Bertz CT molecular complexity index is 191. The number of hydrogen-bond acceptors (Lipinski definition) is 3. The molecule has 0 amide bonds. The van der Waals surface area contributed by atoms with Crippen LogP contribution in [0.25, 0.3) is 0 Å². The molecule has 0 aromatic carbocycles. The summed E-state index contributed by atoms with van der Waals surface area (Å²) in [5, 5.41) is 1.71. The molecule has 0 saturated heterocycles. The van der Waals surface area contributed by atoms with Crippen molar-refractivity contribution >= 4 is 17.3 Å². The predicted molar refractivity (Wildman–Crippen MR) is 34.5 cm³/mol. The Kier molecular flexibility index (Phi) is 1.85. The molecule has 2 nitrogen and oxygen atoms in total. The van der Waals surface area contributed by atoms with Crippen molar-refractivity contribution in [2.45, 2.75) is 0 Å². The van der Waals surface area contributed by atoms with E-state index in [0.717, 1.165) is 0 Å². The minimum atomic E-state index is -0.291. The Labute approximate surface area is 57.1 Å². The van der Waals surface area contributed by atoms with Crippen molar-refractivity contribution in [2.24, 2.45) is 0 Å². The zero-order chi connectivity index (χ0) is 6.69. The van der Waals surface area contributed by atoms with Crippen LogP contribution in [0, 0.1) is 6.07 Å². The summed E-state index contributed by atoms with van der Waals surface area (Å²) >= 11 is 1.33. The van der Waals surface area contributed by atoms with Crippen LogP contribution in [-0.2, 0) is 4.74 Å². The number of methoxy groups -OCH3 is 1. The highest BCUT2D eigenvalue weighted by Gasteiger charge is 2.03. The fourth-order valence-electron chi connectivity index (χ4n) is 0.449. The van der Waals surface area contributed by atoms with Crippen LogP contribution in [0.4, 0.5) is 0 Å². The van der Waals surface area contributed by atoms with E-state index in [1.54, 1.807) is 11.4 Å². The van der Waals surface area contributed by atoms with Crippen molar-refractivity contribution in [1.29, 1.82) is 0 Å². The molecule has 0 spiro atoms. The quantitative estimate of drug-likeness (QED) is 0.551. The first-order valence-corrected chi connectivity index (χ1v) is 3.25. The van der Waals surface area contributed by atoms with Crippen LogP contribution in [0.2, 0.25) is 0 Å². The second-order valence-corrected chi connectivity index (χ2v) is 2.31. The summed E-state index contributed by atoms with van der Waals surface area (Å²) in [6, 6.07) is 4.37. The first-order valence-electron chi connectivity index (χ1n) is 2.37. The van der Waals surface area contributed by atoms with E-state index < -0.39 is 0 Å². The maximum atomic E-state index is 10.6. The molecule has 47 valence electrons. The zero-order valence-electron chi connectivity index (χ0n) is 4.88. The summed E-state index contributed by atoms with van der Waals surface area (Å²) in [7, 11) is 1.36. The smallest absolute Gasteiger partial charge is 0.348 e. The van der Waals surface area contributed by atoms with Crippen LogP contribution in [0.1, 0.15) is 9.67 Å². The Balaban J connectivity index is 2.77. The maximum absolute atomic E-state index is 10.6. The topological polar surface area (TPSA) is 26.3 Å². The lowest BCUT2D eigenvalue weighted by Gasteiger charge is -1.90. The minimum Gasteiger partial charge on any atom is -0.465 e. The van der Waals surface area contributed by atoms with Gasteiger partial charge in [-0.1, -0.05) is 0 Å². The molecule has 0 unspecified atom stereocenters. The molecule has 1 heterocycles. The Morgan fingerprint density at radius 1 is 1.89 bits per heavy atom. The predicted octanol–water partition coefficient (Wildman–Crippen LogP) is 1.33. The average Bonchev–Trinajstić information content (AvgIpc) is 2.37. The molecule has 0 saturated carbocycles. The molecular formula is C6H5O2S. The van der Waals surface area contributed by atoms with Gasteiger partial charge in [-0.15, -0.1) is 11.3 Å². The van der Waals surface area contributed by atoms with Gasteiger partial charge in [0.25, 0.3) is 0 Å². The lowest BCUT2D eigenvalue weighted by atomic mass is 10.5. The van der Waals surface area contributed by atoms with Gasteiger partial charge in [0, 0.05) is 0 Å². The third-order valence-electron chi connectivity index (χ3n) is 0.855. The lowest BCUT2D eigenvalue weighted by Crippen LogP contribution is -1.96. The van der Waals surface area contributed by atoms with Crippen LogP contribution >= 0.6 is 11.3 Å². The minimum absolute atomic E-state index is 0.291. The molecule has 0 aliphatic carbocycles. The maximum Gasteiger partial charge on any atom is 0.348 e. The number of thiophene rings is 1. The van der Waals surface area contributed by atoms with Crippen LogP contribution < -0.4 is 0 Å². The standard InChI is InChI=1S/C6H5O2S/c1-8-6(7)5-3-2-4-9-5/h3-4H,1H3. The van der Waals surface area contributed by atoms with Crippen LogP contribution in [0.5, 0.6) is 0 Å². The molecule has 9 heavy (non-hydrogen) atoms. The normalized spacial score (nSPS) is 9.00. The number of ether oxygens (including phenoxy) is 1. The monoisotopic (exact) mass is 141 g/mol. The Morgan fingerprint density at radius 2 is 2.67 bits per heavy atom. The van der Waals surface area contributed by atoms with Gasteiger partial charge in [-0.05, 0) is 17.5 Å². The van der Waals surface area contributed by atoms with E-state index in [-0.39, 0.29) is 5.97 Å². The largest absolute Gasteiger partial charge is 0.465 e. The van der Waals surface area contributed by atoms with Gasteiger partial charge < -0.3 is 4.74 Å². The van der Waals surface area contributed by atoms with Gasteiger partial charge in [0.15, 0.2) is 0 Å². The third-order valence-corrected chi connectivity index (χ3v) is 1.65. The van der Waals surface area contributed by atoms with Gasteiger partial charge in [-0.2, -0.15) is 0 Å². The number of rotatable bonds is 1. The Hall–Kier alpha value is -0.830. The molecule has 0 atom stereocenters. The molecule has 1 rings (SSSR count). The highest BCUT2D eigenvalue weighted by molar-refractivity contribution is 7.11. The van der Waals surface area contributed by atoms with E-state index in [1.807, 2.05) is 0 Å². The molecule has 1 radical (unpaired) electrons. The van der Waals surface area contributed by atoms with Gasteiger partial charge in [-0.25, -0.2) is 4.79 Å². The summed E-state index contributed by atoms with van der Waals surface area (Å²) in [5.41, 5.74) is 0. The summed E-state index contributed by atoms with van der Waals surface area (Å²) in [4.78, 5) is 11.2. The van der Waals surface area contributed by atoms with Gasteiger partial charge in [0.1, 0.15) is 4.88 Å². The van der Waals surface area contributed by atoms with Gasteiger partial charge in [0.05, 0.1) is 7.11 Å². The first-order chi connectivity index (χ1) is 4.34. The van der Waals surface area contributed by atoms with Gasteiger partial charge >= 0.3 is 5.97 Å². The molecule has 0 aliphatic rings. The molecule has 0 bridgehead atoms. The lowest BCUT2D eigenvalue weighted by molar-refractivity contribution is 0.0606. The molecule has 1 aromatic rings. The first kappa shape index (κ1) is 6.29. The summed E-state index contributed by atoms with van der Waals surface area (Å²) in [5.74, 6) is -0.291. The summed E-state index contributed by atoms with van der Waals surface area (Å²) in [6.07, 6.45) is 0. The number of carbonyl (C=O) groups excluding carboxylic acids is 1. The van der Waals surface area contributed by atoms with Crippen molar-refractivity contribution in [3.63, 3.8) is 0 Å². The van der Waals surface area contributed by atoms with Crippen molar-refractivity contribution in [3.05, 3.63) is 22.4 Å². The zero-order valence-corrected chi connectivity index (χ0v) is 5.70. The average molecular weight is 141 g/mol. The number of carbonyl (C=O) groups is 1. The van der Waals surface area contributed by atoms with E-state index in [0.29, 0.717) is 4.88 Å². The second kappa shape index (κ2) is 2.64. The van der Waals surface area contributed by atoms with Crippen LogP contribution in [-0.4, -0.2) is 13.1 Å². The van der Waals surface area contributed by atoms with E-state index in [9.17, 15) is 4.79 Å². The molecule has 3 heteroatoms. The Morgan fingerprint density at radius 3 is 3.11 bits per heavy atom. The van der Waals surface area contributed by atoms with Crippen molar-refractivity contribution in [2.75, 3.05) is 7.11 Å². The molecular weight excluding hydrogens is 136 g/mol. The van der Waals surface area contributed by atoms with Gasteiger partial charge in [-0.3, -0.25) is 0 Å². The third kappa shape index (κ3) is 1.29. The van der Waals surface area contributed by atoms with Crippen molar-refractivity contribution in [3.8, 4) is 0 Å². The van der Waals surface area contributed by atoms with E-state index in [1.165, 1.54) is 18.4 Å². The molecule has 0 aliphatic heterocycles. The highest BCUT2D eigenvalue weighted by atomic mass is 32.1. The second-order valence-electron chi connectivity index (χ2n) is 1.40. The van der Waals surface area contributed by atoms with E-state index in [2.05, 4.69) is 10.8 Å². The molecule has 1 aromatic heterocycles. The highest BCUT2D eigenvalue weighted by Crippen LogP contribution is 2.07. The van der Waals surface area contributed by atoms with Crippen molar-refractivity contribution in [1.82, 2.24) is 0 Å². The van der Waals surface area contributed by atoms with E-state index in [4.69, 9.17) is 0 Å². The van der Waals surface area contributed by atoms with Gasteiger partial charge in [0.2, 0.25) is 0 Å². The fraction of sp³-hybridized carbons (Fsp3) is 0.167. The fourth-order valence-corrected chi connectivity index (χ4v) is 1.03.